The Morgan fingerprint density at radius 2 is 1.92 bits per heavy atom. The molecule has 1 amide bonds. The molecule has 0 radical (unpaired) electrons. The first-order chi connectivity index (χ1) is 12.0. The summed E-state index contributed by atoms with van der Waals surface area (Å²) in [4.78, 5) is 22.9. The summed E-state index contributed by atoms with van der Waals surface area (Å²) in [5.74, 6) is -0.839. The fourth-order valence-electron chi connectivity index (χ4n) is 6.21. The van der Waals surface area contributed by atoms with E-state index in [0.717, 1.165) is 25.7 Å². The summed E-state index contributed by atoms with van der Waals surface area (Å²) in [5, 5.41) is 0. The molecule has 4 heteroatoms. The van der Waals surface area contributed by atoms with Crippen LogP contribution in [0.25, 0.3) is 0 Å². The smallest absolute Gasteiger partial charge is 0.396 e. The Morgan fingerprint density at radius 1 is 1.23 bits per heavy atom. The van der Waals surface area contributed by atoms with Crippen LogP contribution in [-0.2, 0) is 14.3 Å². The van der Waals surface area contributed by atoms with Crippen LogP contribution in [0.1, 0.15) is 66.2 Å². The molecule has 0 aromatic heterocycles. The minimum absolute atomic E-state index is 0.143. The monoisotopic (exact) mass is 359 g/mol. The van der Waals surface area contributed by atoms with Gasteiger partial charge in [-0.1, -0.05) is 45.4 Å². The Morgan fingerprint density at radius 3 is 2.54 bits per heavy atom. The molecule has 3 aliphatic carbocycles. The minimum Gasteiger partial charge on any atom is -0.455 e. The lowest BCUT2D eigenvalue weighted by Gasteiger charge is -2.60. The number of primary amides is 1. The molecule has 144 valence electrons. The minimum atomic E-state index is -1.00. The molecular formula is C22H33NO3. The molecule has 0 heterocycles. The molecule has 0 aromatic rings. The standard InChI is InChI=1S/C22H33NO3/c1-6-21(4)11-9-15-14(13-21)7-8-16-20(2,3)17(10-12-22(15,16)5)26-19(25)18(23)24/h6,9,14,16-17H,1,7-8,10-13H2,2-5H3,(H2,23,24)/t14-,16-,17+,21-,22-/m0/s1. The van der Waals surface area contributed by atoms with Crippen molar-refractivity contribution in [2.45, 2.75) is 72.3 Å². The number of esters is 1. The highest BCUT2D eigenvalue weighted by molar-refractivity contribution is 6.31. The number of carbonyl (C=O) groups is 2. The summed E-state index contributed by atoms with van der Waals surface area (Å²) in [6.45, 7) is 13.1. The number of amides is 1. The van der Waals surface area contributed by atoms with Crippen molar-refractivity contribution >= 4 is 11.9 Å². The Labute approximate surface area is 157 Å². The predicted octanol–water partition coefficient (Wildman–Crippen LogP) is 4.15. The van der Waals surface area contributed by atoms with E-state index in [4.69, 9.17) is 10.5 Å². The molecule has 2 saturated carbocycles. The van der Waals surface area contributed by atoms with Gasteiger partial charge in [0.25, 0.3) is 0 Å². The highest BCUT2D eigenvalue weighted by Crippen LogP contribution is 2.64. The van der Waals surface area contributed by atoms with Crippen molar-refractivity contribution in [3.8, 4) is 0 Å². The second-order valence-electron chi connectivity index (χ2n) is 9.79. The Bertz CT molecular complexity index is 664. The maximum absolute atomic E-state index is 11.8. The van der Waals surface area contributed by atoms with Crippen LogP contribution in [-0.4, -0.2) is 18.0 Å². The summed E-state index contributed by atoms with van der Waals surface area (Å²) >= 11 is 0. The van der Waals surface area contributed by atoms with E-state index in [-0.39, 0.29) is 22.3 Å². The van der Waals surface area contributed by atoms with Crippen LogP contribution in [0.4, 0.5) is 0 Å². The van der Waals surface area contributed by atoms with E-state index >= 15 is 0 Å². The van der Waals surface area contributed by atoms with Crippen LogP contribution in [0.3, 0.4) is 0 Å². The molecule has 0 aliphatic heterocycles. The van der Waals surface area contributed by atoms with Gasteiger partial charge in [0.15, 0.2) is 0 Å². The number of ether oxygens (including phenoxy) is 1. The van der Waals surface area contributed by atoms with E-state index in [2.05, 4.69) is 46.4 Å². The van der Waals surface area contributed by atoms with Crippen LogP contribution in [0.2, 0.25) is 0 Å². The summed E-state index contributed by atoms with van der Waals surface area (Å²) < 4.78 is 5.50. The molecule has 3 aliphatic rings. The zero-order chi connectivity index (χ0) is 19.3. The predicted molar refractivity (Wildman–Crippen MR) is 102 cm³/mol. The second kappa shape index (κ2) is 6.24. The highest BCUT2D eigenvalue weighted by atomic mass is 16.6. The van der Waals surface area contributed by atoms with Crippen molar-refractivity contribution in [3.63, 3.8) is 0 Å². The fourth-order valence-corrected chi connectivity index (χ4v) is 6.21. The molecule has 0 spiro atoms. The maximum Gasteiger partial charge on any atom is 0.396 e. The fraction of sp³-hybridized carbons (Fsp3) is 0.727. The van der Waals surface area contributed by atoms with Gasteiger partial charge in [0, 0.05) is 5.41 Å². The SMILES string of the molecule is C=C[C@@]1(C)CC=C2[C@@H](CC[C@H]3C(C)(C)[C@H](OC(=O)C(N)=O)CC[C@@]23C)C1. The molecule has 5 atom stereocenters. The molecule has 0 bridgehead atoms. The van der Waals surface area contributed by atoms with Crippen molar-refractivity contribution in [1.82, 2.24) is 0 Å². The van der Waals surface area contributed by atoms with Crippen LogP contribution in [0.15, 0.2) is 24.3 Å². The first kappa shape index (κ1) is 19.2. The molecule has 26 heavy (non-hydrogen) atoms. The number of nitrogens with two attached hydrogens (primary N) is 1. The van der Waals surface area contributed by atoms with Crippen molar-refractivity contribution in [2.75, 3.05) is 0 Å². The molecular weight excluding hydrogens is 326 g/mol. The summed E-state index contributed by atoms with van der Waals surface area (Å²) in [5.41, 5.74) is 6.88. The van der Waals surface area contributed by atoms with Crippen LogP contribution < -0.4 is 5.73 Å². The van der Waals surface area contributed by atoms with E-state index in [1.54, 1.807) is 5.57 Å². The lowest BCUT2D eigenvalue weighted by molar-refractivity contribution is -0.174. The third-order valence-electron chi connectivity index (χ3n) is 7.77. The topological polar surface area (TPSA) is 69.4 Å². The van der Waals surface area contributed by atoms with Crippen molar-refractivity contribution in [1.29, 1.82) is 0 Å². The average molecular weight is 360 g/mol. The number of hydrogen-bond acceptors (Lipinski definition) is 3. The van der Waals surface area contributed by atoms with Crippen molar-refractivity contribution < 1.29 is 14.3 Å². The van der Waals surface area contributed by atoms with E-state index in [1.165, 1.54) is 12.8 Å². The number of carbonyl (C=O) groups excluding carboxylic acids is 2. The van der Waals surface area contributed by atoms with Gasteiger partial charge in [-0.2, -0.15) is 0 Å². The first-order valence-corrected chi connectivity index (χ1v) is 9.88. The normalized spacial score (nSPS) is 41.2. The third-order valence-corrected chi connectivity index (χ3v) is 7.77. The number of fused-ring (bicyclic) bond motifs is 3. The number of rotatable bonds is 2. The zero-order valence-electron chi connectivity index (χ0n) is 16.6. The number of hydrogen-bond donors (Lipinski definition) is 1. The van der Waals surface area contributed by atoms with E-state index < -0.39 is 11.9 Å². The summed E-state index contributed by atoms with van der Waals surface area (Å²) in [7, 11) is 0. The van der Waals surface area contributed by atoms with Crippen molar-refractivity contribution in [3.05, 3.63) is 24.3 Å². The van der Waals surface area contributed by atoms with Gasteiger partial charge < -0.3 is 10.5 Å². The highest BCUT2D eigenvalue weighted by Gasteiger charge is 2.57. The summed E-state index contributed by atoms with van der Waals surface area (Å²) in [6, 6.07) is 0. The lowest BCUT2D eigenvalue weighted by atomic mass is 9.46. The molecule has 0 aromatic carbocycles. The Kier molecular flexibility index (Phi) is 4.61. The Hall–Kier alpha value is -1.58. The van der Waals surface area contributed by atoms with Crippen LogP contribution >= 0.6 is 0 Å². The van der Waals surface area contributed by atoms with E-state index in [0.29, 0.717) is 11.8 Å². The third kappa shape index (κ3) is 2.91. The molecule has 3 rings (SSSR count). The van der Waals surface area contributed by atoms with Gasteiger partial charge >= 0.3 is 11.9 Å². The van der Waals surface area contributed by atoms with E-state index in [9.17, 15) is 9.59 Å². The van der Waals surface area contributed by atoms with Gasteiger partial charge in [-0.3, -0.25) is 4.79 Å². The van der Waals surface area contributed by atoms with Gasteiger partial charge in [0.05, 0.1) is 0 Å². The van der Waals surface area contributed by atoms with Gasteiger partial charge in [0.1, 0.15) is 6.10 Å². The molecule has 0 saturated heterocycles. The maximum atomic E-state index is 11.8. The van der Waals surface area contributed by atoms with Crippen LogP contribution in [0, 0.1) is 28.1 Å². The molecule has 2 N–H and O–H groups in total. The van der Waals surface area contributed by atoms with Crippen LogP contribution in [0.5, 0.6) is 0 Å². The van der Waals surface area contributed by atoms with Crippen molar-refractivity contribution in [2.24, 2.45) is 33.8 Å². The first-order valence-electron chi connectivity index (χ1n) is 9.88. The molecule has 0 unspecified atom stereocenters. The molecule has 4 nitrogen and oxygen atoms in total. The summed E-state index contributed by atoms with van der Waals surface area (Å²) in [6.07, 6.45) is 10.7. The Balaban J connectivity index is 1.88. The largest absolute Gasteiger partial charge is 0.455 e. The van der Waals surface area contributed by atoms with Gasteiger partial charge in [-0.15, -0.1) is 6.58 Å². The van der Waals surface area contributed by atoms with Gasteiger partial charge in [-0.25, -0.2) is 4.79 Å². The second-order valence-corrected chi connectivity index (χ2v) is 9.79. The molecule has 2 fully saturated rings. The van der Waals surface area contributed by atoms with E-state index in [1.807, 2.05) is 0 Å². The van der Waals surface area contributed by atoms with Gasteiger partial charge in [0.2, 0.25) is 0 Å². The zero-order valence-corrected chi connectivity index (χ0v) is 16.6. The van der Waals surface area contributed by atoms with Gasteiger partial charge in [-0.05, 0) is 61.2 Å². The quantitative estimate of drug-likeness (QED) is 0.457. The average Bonchev–Trinajstić information content (AvgIpc) is 2.57. The number of allylic oxidation sites excluding steroid dienone is 3. The lowest BCUT2D eigenvalue weighted by Crippen LogP contribution is -2.55.